The molecule has 0 saturated carbocycles. The average Bonchev–Trinajstić information content (AvgIpc) is 3.12. The molecular weight excluding hydrogens is 274 g/mol. The van der Waals surface area contributed by atoms with Gasteiger partial charge in [0.15, 0.2) is 5.65 Å². The minimum atomic E-state index is 0.785. The van der Waals surface area contributed by atoms with Crippen LogP contribution in [0.5, 0.6) is 0 Å². The molecular formula is C17H15N5. The number of benzene rings is 1. The van der Waals surface area contributed by atoms with Gasteiger partial charge in [-0.25, -0.2) is 4.98 Å². The molecule has 0 amide bonds. The predicted octanol–water partition coefficient (Wildman–Crippen LogP) is 2.95. The first kappa shape index (κ1) is 12.8. The molecule has 1 aromatic carbocycles. The molecule has 3 aromatic heterocycles. The summed E-state index contributed by atoms with van der Waals surface area (Å²) in [6, 6.07) is 14.5. The van der Waals surface area contributed by atoms with Gasteiger partial charge in [-0.1, -0.05) is 30.3 Å². The lowest BCUT2D eigenvalue weighted by molar-refractivity contribution is 0.726. The summed E-state index contributed by atoms with van der Waals surface area (Å²) in [5.74, 6) is 0. The predicted molar refractivity (Wildman–Crippen MR) is 85.3 cm³/mol. The lowest BCUT2D eigenvalue weighted by Gasteiger charge is -2.01. The molecule has 0 aliphatic carbocycles. The number of nitrogens with one attached hydrogen (secondary N) is 1. The lowest BCUT2D eigenvalue weighted by atomic mass is 10.1. The monoisotopic (exact) mass is 289 g/mol. The van der Waals surface area contributed by atoms with E-state index in [1.807, 2.05) is 23.9 Å². The number of aryl methyl sites for hydroxylation is 1. The summed E-state index contributed by atoms with van der Waals surface area (Å²) in [5.41, 5.74) is 5.93. The highest BCUT2D eigenvalue weighted by atomic mass is 15.3. The molecule has 22 heavy (non-hydrogen) atoms. The quantitative estimate of drug-likeness (QED) is 0.631. The molecule has 0 saturated heterocycles. The number of rotatable bonds is 3. The van der Waals surface area contributed by atoms with E-state index in [0.29, 0.717) is 0 Å². The molecule has 108 valence electrons. The SMILES string of the molecule is Cn1nc(-c2cc3nccnc3[nH]2)cc1Cc1ccccc1. The smallest absolute Gasteiger partial charge is 0.156 e. The minimum Gasteiger partial charge on any atom is -0.337 e. The second-order valence-electron chi connectivity index (χ2n) is 5.28. The van der Waals surface area contributed by atoms with Gasteiger partial charge in [0, 0.05) is 31.6 Å². The van der Waals surface area contributed by atoms with Crippen LogP contribution in [0.15, 0.2) is 54.9 Å². The first-order valence-corrected chi connectivity index (χ1v) is 7.16. The largest absolute Gasteiger partial charge is 0.337 e. The molecule has 4 aromatic rings. The highest BCUT2D eigenvalue weighted by Crippen LogP contribution is 2.22. The van der Waals surface area contributed by atoms with Gasteiger partial charge in [0.2, 0.25) is 0 Å². The molecule has 3 heterocycles. The van der Waals surface area contributed by atoms with Crippen LogP contribution in [0.4, 0.5) is 0 Å². The van der Waals surface area contributed by atoms with E-state index in [4.69, 9.17) is 0 Å². The Morgan fingerprint density at radius 2 is 1.86 bits per heavy atom. The fourth-order valence-electron chi connectivity index (χ4n) is 2.60. The van der Waals surface area contributed by atoms with E-state index >= 15 is 0 Å². The van der Waals surface area contributed by atoms with Gasteiger partial charge in [-0.2, -0.15) is 5.10 Å². The maximum Gasteiger partial charge on any atom is 0.156 e. The van der Waals surface area contributed by atoms with Gasteiger partial charge < -0.3 is 4.98 Å². The molecule has 5 heteroatoms. The van der Waals surface area contributed by atoms with Crippen molar-refractivity contribution in [2.75, 3.05) is 0 Å². The Balaban J connectivity index is 1.70. The second-order valence-corrected chi connectivity index (χ2v) is 5.28. The van der Waals surface area contributed by atoms with Gasteiger partial charge in [0.05, 0.1) is 5.69 Å². The Morgan fingerprint density at radius 3 is 2.68 bits per heavy atom. The topological polar surface area (TPSA) is 59.4 Å². The Kier molecular flexibility index (Phi) is 2.96. The number of hydrogen-bond donors (Lipinski definition) is 1. The van der Waals surface area contributed by atoms with Crippen molar-refractivity contribution in [1.29, 1.82) is 0 Å². The fourth-order valence-corrected chi connectivity index (χ4v) is 2.60. The van der Waals surface area contributed by atoms with E-state index in [1.54, 1.807) is 12.4 Å². The normalized spacial score (nSPS) is 11.1. The molecule has 1 N–H and O–H groups in total. The van der Waals surface area contributed by atoms with Crippen molar-refractivity contribution in [3.8, 4) is 11.4 Å². The lowest BCUT2D eigenvalue weighted by Crippen LogP contribution is -1.98. The maximum atomic E-state index is 4.60. The van der Waals surface area contributed by atoms with E-state index in [2.05, 4.69) is 50.4 Å². The summed E-state index contributed by atoms with van der Waals surface area (Å²) >= 11 is 0. The molecule has 0 fully saturated rings. The third-order valence-electron chi connectivity index (χ3n) is 3.74. The number of nitrogens with zero attached hydrogens (tertiary/aromatic N) is 4. The van der Waals surface area contributed by atoms with Crippen LogP contribution in [0, 0.1) is 0 Å². The van der Waals surface area contributed by atoms with Crippen molar-refractivity contribution in [2.24, 2.45) is 7.05 Å². The molecule has 0 aliphatic rings. The van der Waals surface area contributed by atoms with E-state index in [-0.39, 0.29) is 0 Å². The molecule has 0 radical (unpaired) electrons. The maximum absolute atomic E-state index is 4.60. The Labute approximate surface area is 127 Å². The zero-order chi connectivity index (χ0) is 14.9. The summed E-state index contributed by atoms with van der Waals surface area (Å²) in [5, 5.41) is 4.60. The van der Waals surface area contributed by atoms with Crippen molar-refractivity contribution in [1.82, 2.24) is 24.7 Å². The highest BCUT2D eigenvalue weighted by Gasteiger charge is 2.11. The number of fused-ring (bicyclic) bond motifs is 1. The molecule has 0 spiro atoms. The van der Waals surface area contributed by atoms with Gasteiger partial charge in [-0.05, 0) is 17.7 Å². The van der Waals surface area contributed by atoms with Gasteiger partial charge in [0.25, 0.3) is 0 Å². The zero-order valence-corrected chi connectivity index (χ0v) is 12.2. The van der Waals surface area contributed by atoms with Crippen molar-refractivity contribution >= 4 is 11.2 Å². The van der Waals surface area contributed by atoms with Crippen LogP contribution in [0.2, 0.25) is 0 Å². The fraction of sp³-hybridized carbons (Fsp3) is 0.118. The number of aromatic amines is 1. The van der Waals surface area contributed by atoms with E-state index < -0.39 is 0 Å². The van der Waals surface area contributed by atoms with Crippen LogP contribution in [0.1, 0.15) is 11.3 Å². The average molecular weight is 289 g/mol. The van der Waals surface area contributed by atoms with Crippen LogP contribution in [0.25, 0.3) is 22.6 Å². The third-order valence-corrected chi connectivity index (χ3v) is 3.74. The van der Waals surface area contributed by atoms with Crippen molar-refractivity contribution in [3.05, 3.63) is 66.1 Å². The van der Waals surface area contributed by atoms with Gasteiger partial charge >= 0.3 is 0 Å². The van der Waals surface area contributed by atoms with Crippen LogP contribution in [0.3, 0.4) is 0 Å². The van der Waals surface area contributed by atoms with E-state index in [0.717, 1.165) is 29.0 Å². The first-order valence-electron chi connectivity index (χ1n) is 7.16. The summed E-state index contributed by atoms with van der Waals surface area (Å²) in [7, 11) is 1.97. The van der Waals surface area contributed by atoms with Crippen molar-refractivity contribution in [2.45, 2.75) is 6.42 Å². The highest BCUT2D eigenvalue weighted by molar-refractivity contribution is 5.78. The number of hydrogen-bond acceptors (Lipinski definition) is 3. The summed E-state index contributed by atoms with van der Waals surface area (Å²) in [6.45, 7) is 0. The van der Waals surface area contributed by atoms with Gasteiger partial charge in [-0.3, -0.25) is 9.67 Å². The molecule has 0 atom stereocenters. The van der Waals surface area contributed by atoms with Gasteiger partial charge in [0.1, 0.15) is 11.2 Å². The van der Waals surface area contributed by atoms with E-state index in [1.165, 1.54) is 11.3 Å². The van der Waals surface area contributed by atoms with E-state index in [9.17, 15) is 0 Å². The Hall–Kier alpha value is -2.95. The molecule has 5 nitrogen and oxygen atoms in total. The van der Waals surface area contributed by atoms with Crippen LogP contribution >= 0.6 is 0 Å². The van der Waals surface area contributed by atoms with Crippen LogP contribution < -0.4 is 0 Å². The first-order chi connectivity index (χ1) is 10.8. The van der Waals surface area contributed by atoms with Gasteiger partial charge in [-0.15, -0.1) is 0 Å². The summed E-state index contributed by atoms with van der Waals surface area (Å²) in [6.07, 6.45) is 4.24. The van der Waals surface area contributed by atoms with Crippen LogP contribution in [-0.2, 0) is 13.5 Å². The number of H-pyrrole nitrogens is 1. The summed E-state index contributed by atoms with van der Waals surface area (Å²) in [4.78, 5) is 11.8. The summed E-state index contributed by atoms with van der Waals surface area (Å²) < 4.78 is 1.93. The third kappa shape index (κ3) is 2.26. The Morgan fingerprint density at radius 1 is 1.05 bits per heavy atom. The Bertz CT molecular complexity index is 888. The minimum absolute atomic E-state index is 0.785. The van der Waals surface area contributed by atoms with Crippen LogP contribution in [-0.4, -0.2) is 24.7 Å². The zero-order valence-electron chi connectivity index (χ0n) is 12.2. The molecule has 4 rings (SSSR count). The van der Waals surface area contributed by atoms with Crippen molar-refractivity contribution < 1.29 is 0 Å². The second kappa shape index (κ2) is 5.11. The standard InChI is InChI=1S/C17H15N5/c1-22-13(9-12-5-3-2-4-6-12)10-15(21-22)14-11-16-17(20-14)19-8-7-18-16/h2-8,10-11H,9H2,1H3,(H,19,20). The molecule has 0 bridgehead atoms. The number of aromatic nitrogens is 5. The molecule has 0 unspecified atom stereocenters. The molecule has 0 aliphatic heterocycles. The van der Waals surface area contributed by atoms with Crippen molar-refractivity contribution in [3.63, 3.8) is 0 Å².